The number of carbonyl (C=O) groups excluding carboxylic acids is 1. The van der Waals surface area contributed by atoms with E-state index >= 15 is 0 Å². The third-order valence-corrected chi connectivity index (χ3v) is 5.01. The second-order valence-corrected chi connectivity index (χ2v) is 7.14. The molecule has 5 heteroatoms. The van der Waals surface area contributed by atoms with Gasteiger partial charge in [0.25, 0.3) is 5.91 Å². The fourth-order valence-electron chi connectivity index (χ4n) is 3.33. The molecule has 1 amide bonds. The van der Waals surface area contributed by atoms with Gasteiger partial charge in [0, 0.05) is 31.9 Å². The van der Waals surface area contributed by atoms with Crippen LogP contribution < -0.4 is 5.73 Å². The molecule has 2 aromatic rings. The van der Waals surface area contributed by atoms with Gasteiger partial charge in [-0.3, -0.25) is 4.79 Å². The van der Waals surface area contributed by atoms with E-state index in [1.165, 1.54) is 0 Å². The Kier molecular flexibility index (Phi) is 5.41. The second-order valence-electron chi connectivity index (χ2n) is 7.14. The molecule has 2 N–H and O–H groups in total. The molecule has 0 radical (unpaired) electrons. The lowest BCUT2D eigenvalue weighted by Gasteiger charge is -2.42. The van der Waals surface area contributed by atoms with E-state index in [9.17, 15) is 4.79 Å². The van der Waals surface area contributed by atoms with Crippen molar-refractivity contribution in [3.63, 3.8) is 0 Å². The second kappa shape index (κ2) is 6.99. The van der Waals surface area contributed by atoms with Crippen molar-refractivity contribution in [1.82, 2.24) is 9.47 Å². The van der Waals surface area contributed by atoms with Crippen LogP contribution in [-0.4, -0.2) is 34.5 Å². The first-order valence-corrected chi connectivity index (χ1v) is 8.16. The van der Waals surface area contributed by atoms with Gasteiger partial charge in [-0.05, 0) is 29.5 Å². The van der Waals surface area contributed by atoms with Crippen LogP contribution >= 0.6 is 12.4 Å². The Morgan fingerprint density at radius 3 is 2.46 bits per heavy atom. The van der Waals surface area contributed by atoms with E-state index in [4.69, 9.17) is 5.73 Å². The first-order chi connectivity index (χ1) is 10.9. The number of piperidine rings is 1. The molecule has 1 unspecified atom stereocenters. The highest BCUT2D eigenvalue weighted by atomic mass is 35.5. The molecule has 0 bridgehead atoms. The van der Waals surface area contributed by atoms with Crippen LogP contribution in [-0.2, 0) is 7.05 Å². The molecule has 24 heavy (non-hydrogen) atoms. The van der Waals surface area contributed by atoms with E-state index in [2.05, 4.69) is 26.0 Å². The van der Waals surface area contributed by atoms with Crippen molar-refractivity contribution in [1.29, 1.82) is 0 Å². The van der Waals surface area contributed by atoms with E-state index < -0.39 is 0 Å². The summed E-state index contributed by atoms with van der Waals surface area (Å²) in [5.41, 5.74) is 9.05. The summed E-state index contributed by atoms with van der Waals surface area (Å²) in [6.45, 7) is 5.71. The summed E-state index contributed by atoms with van der Waals surface area (Å²) in [5.74, 6) is 0.0923. The van der Waals surface area contributed by atoms with E-state index in [0.29, 0.717) is 6.54 Å². The van der Waals surface area contributed by atoms with Crippen LogP contribution in [0.15, 0.2) is 42.5 Å². The molecule has 1 fully saturated rings. The summed E-state index contributed by atoms with van der Waals surface area (Å²) in [6.07, 6.45) is 0.856. The maximum absolute atomic E-state index is 12.9. The zero-order chi connectivity index (χ0) is 16.6. The predicted octanol–water partition coefficient (Wildman–Crippen LogP) is 3.31. The Morgan fingerprint density at radius 2 is 1.83 bits per heavy atom. The fraction of sp³-hybridized carbons (Fsp3) is 0.421. The SMILES string of the molecule is Cl.Cn1c(C(=O)N2CCC(N)C(C)(C)C2)ccc1-c1ccccc1. The third kappa shape index (κ3) is 3.35. The van der Waals surface area contributed by atoms with Gasteiger partial charge in [0.2, 0.25) is 0 Å². The van der Waals surface area contributed by atoms with Gasteiger partial charge >= 0.3 is 0 Å². The molecule has 0 aliphatic carbocycles. The Labute approximate surface area is 150 Å². The summed E-state index contributed by atoms with van der Waals surface area (Å²) < 4.78 is 1.99. The van der Waals surface area contributed by atoms with Crippen LogP contribution in [0.5, 0.6) is 0 Å². The summed E-state index contributed by atoms with van der Waals surface area (Å²) in [5, 5.41) is 0. The van der Waals surface area contributed by atoms with Crippen LogP contribution in [0.3, 0.4) is 0 Å². The first-order valence-electron chi connectivity index (χ1n) is 8.16. The van der Waals surface area contributed by atoms with Crippen LogP contribution in [0, 0.1) is 5.41 Å². The highest BCUT2D eigenvalue weighted by Gasteiger charge is 2.36. The number of carbonyl (C=O) groups is 1. The van der Waals surface area contributed by atoms with E-state index in [-0.39, 0.29) is 29.8 Å². The average molecular weight is 348 g/mol. The zero-order valence-electron chi connectivity index (χ0n) is 14.5. The van der Waals surface area contributed by atoms with Gasteiger partial charge in [-0.1, -0.05) is 44.2 Å². The van der Waals surface area contributed by atoms with Crippen molar-refractivity contribution in [2.24, 2.45) is 18.2 Å². The fourth-order valence-corrected chi connectivity index (χ4v) is 3.33. The van der Waals surface area contributed by atoms with Crippen LogP contribution in [0.25, 0.3) is 11.3 Å². The highest BCUT2D eigenvalue weighted by Crippen LogP contribution is 2.29. The van der Waals surface area contributed by atoms with Crippen molar-refractivity contribution in [2.75, 3.05) is 13.1 Å². The molecule has 1 aromatic heterocycles. The molecule has 0 spiro atoms. The van der Waals surface area contributed by atoms with Crippen molar-refractivity contribution in [3.8, 4) is 11.3 Å². The zero-order valence-corrected chi connectivity index (χ0v) is 15.3. The van der Waals surface area contributed by atoms with E-state index in [1.807, 2.05) is 46.8 Å². The largest absolute Gasteiger partial charge is 0.340 e. The number of benzene rings is 1. The lowest BCUT2D eigenvalue weighted by atomic mass is 9.79. The molecule has 1 aliphatic rings. The molecule has 0 saturated carbocycles. The number of aromatic nitrogens is 1. The van der Waals surface area contributed by atoms with Gasteiger partial charge in [-0.25, -0.2) is 0 Å². The molecular weight excluding hydrogens is 322 g/mol. The average Bonchev–Trinajstić information content (AvgIpc) is 2.91. The summed E-state index contributed by atoms with van der Waals surface area (Å²) in [4.78, 5) is 14.9. The Morgan fingerprint density at radius 1 is 1.17 bits per heavy atom. The Bertz CT molecular complexity index is 709. The molecular formula is C19H26ClN3O. The summed E-state index contributed by atoms with van der Waals surface area (Å²) >= 11 is 0. The molecule has 1 saturated heterocycles. The van der Waals surface area contributed by atoms with Crippen molar-refractivity contribution < 1.29 is 4.79 Å². The first kappa shape index (κ1) is 18.6. The van der Waals surface area contributed by atoms with Crippen LogP contribution in [0.1, 0.15) is 30.8 Å². The highest BCUT2D eigenvalue weighted by molar-refractivity contribution is 5.94. The lowest BCUT2D eigenvalue weighted by Crippen LogP contribution is -2.54. The number of hydrogen-bond acceptors (Lipinski definition) is 2. The molecule has 1 atom stereocenters. The van der Waals surface area contributed by atoms with E-state index in [1.54, 1.807) is 0 Å². The number of hydrogen-bond donors (Lipinski definition) is 1. The van der Waals surface area contributed by atoms with Crippen molar-refractivity contribution in [2.45, 2.75) is 26.3 Å². The Balaban J connectivity index is 0.00000208. The smallest absolute Gasteiger partial charge is 0.270 e. The van der Waals surface area contributed by atoms with Gasteiger partial charge in [0.05, 0.1) is 0 Å². The third-order valence-electron chi connectivity index (χ3n) is 5.01. The molecule has 130 valence electrons. The van der Waals surface area contributed by atoms with Crippen LogP contribution in [0.2, 0.25) is 0 Å². The maximum atomic E-state index is 12.9. The van der Waals surface area contributed by atoms with Gasteiger partial charge in [0.1, 0.15) is 5.69 Å². The molecule has 1 aromatic carbocycles. The molecule has 2 heterocycles. The normalized spacial score (nSPS) is 19.7. The number of amides is 1. The van der Waals surface area contributed by atoms with Crippen molar-refractivity contribution >= 4 is 18.3 Å². The van der Waals surface area contributed by atoms with Gasteiger partial charge < -0.3 is 15.2 Å². The van der Waals surface area contributed by atoms with Crippen molar-refractivity contribution in [3.05, 3.63) is 48.2 Å². The number of rotatable bonds is 2. The lowest BCUT2D eigenvalue weighted by molar-refractivity contribution is 0.0524. The van der Waals surface area contributed by atoms with Gasteiger partial charge in [0.15, 0.2) is 0 Å². The number of halogens is 1. The van der Waals surface area contributed by atoms with Gasteiger partial charge in [-0.15, -0.1) is 12.4 Å². The molecule has 4 nitrogen and oxygen atoms in total. The number of nitrogens with two attached hydrogens (primary N) is 1. The minimum atomic E-state index is -0.0403. The standard InChI is InChI=1S/C19H25N3O.ClH/c1-19(2)13-22(12-11-17(19)20)18(23)16-10-9-15(21(16)3)14-7-5-4-6-8-14;/h4-10,17H,11-13,20H2,1-3H3;1H. The minimum absolute atomic E-state index is 0. The monoisotopic (exact) mass is 347 g/mol. The summed E-state index contributed by atoms with van der Waals surface area (Å²) in [7, 11) is 1.95. The van der Waals surface area contributed by atoms with Gasteiger partial charge in [-0.2, -0.15) is 0 Å². The molecule has 1 aliphatic heterocycles. The maximum Gasteiger partial charge on any atom is 0.270 e. The predicted molar refractivity (Wildman–Crippen MR) is 100 cm³/mol. The summed E-state index contributed by atoms with van der Waals surface area (Å²) in [6, 6.07) is 14.2. The number of likely N-dealkylation sites (tertiary alicyclic amines) is 1. The quantitative estimate of drug-likeness (QED) is 0.906. The minimum Gasteiger partial charge on any atom is -0.340 e. The topological polar surface area (TPSA) is 51.3 Å². The molecule has 3 rings (SSSR count). The van der Waals surface area contributed by atoms with Crippen LogP contribution in [0.4, 0.5) is 0 Å². The Hall–Kier alpha value is -1.78. The number of nitrogens with zero attached hydrogens (tertiary/aromatic N) is 2. The van der Waals surface area contributed by atoms with E-state index in [0.717, 1.165) is 29.9 Å².